The van der Waals surface area contributed by atoms with Crippen molar-refractivity contribution in [2.24, 2.45) is 0 Å². The van der Waals surface area contributed by atoms with Crippen LogP contribution in [0.25, 0.3) is 0 Å². The van der Waals surface area contributed by atoms with E-state index in [1.807, 2.05) is 25.1 Å². The quantitative estimate of drug-likeness (QED) is 0.502. The average Bonchev–Trinajstić information content (AvgIpc) is 3.45. The molecule has 1 unspecified atom stereocenters. The number of anilines is 1. The molecule has 0 saturated heterocycles. The van der Waals surface area contributed by atoms with Crippen LogP contribution in [0.15, 0.2) is 65.2 Å². The molecule has 1 aromatic heterocycles. The molecule has 4 rings (SSSR count). The molecule has 0 radical (unpaired) electrons. The number of thiophene rings is 1. The first-order valence-electron chi connectivity index (χ1n) is 10.1. The van der Waals surface area contributed by atoms with Crippen molar-refractivity contribution in [1.82, 2.24) is 0 Å². The maximum Gasteiger partial charge on any atom is 0.294 e. The SMILES string of the molecule is COc1cc(C2C(C(=O)c3cccs3)=C(O)C(=O)N2c2cccc(C)c2)cc(OC)c1OC. The third kappa shape index (κ3) is 3.82. The molecule has 0 aliphatic carbocycles. The normalized spacial score (nSPS) is 15.7. The number of rotatable bonds is 7. The highest BCUT2D eigenvalue weighted by atomic mass is 32.1. The summed E-state index contributed by atoms with van der Waals surface area (Å²) in [4.78, 5) is 28.6. The third-order valence-electron chi connectivity index (χ3n) is 5.48. The fraction of sp³-hybridized carbons (Fsp3) is 0.200. The molecule has 8 heteroatoms. The van der Waals surface area contributed by atoms with Gasteiger partial charge in [0.15, 0.2) is 17.3 Å². The lowest BCUT2D eigenvalue weighted by atomic mass is 9.94. The number of carbonyl (C=O) groups excluding carboxylic acids is 2. The number of hydrogen-bond donors (Lipinski definition) is 1. The fourth-order valence-electron chi connectivity index (χ4n) is 4.00. The lowest BCUT2D eigenvalue weighted by molar-refractivity contribution is -0.117. The summed E-state index contributed by atoms with van der Waals surface area (Å²) in [6.45, 7) is 1.91. The number of aliphatic hydroxyl groups excluding tert-OH is 1. The largest absolute Gasteiger partial charge is 0.503 e. The Bertz CT molecular complexity index is 1220. The summed E-state index contributed by atoms with van der Waals surface area (Å²) in [6, 6.07) is 13.2. The Balaban J connectivity index is 1.96. The Morgan fingerprint density at radius 1 is 1.00 bits per heavy atom. The molecular weight excluding hydrogens is 442 g/mol. The van der Waals surface area contributed by atoms with E-state index in [1.54, 1.807) is 35.7 Å². The van der Waals surface area contributed by atoms with Gasteiger partial charge in [0.05, 0.1) is 37.8 Å². The highest BCUT2D eigenvalue weighted by Gasteiger charge is 2.45. The molecule has 7 nitrogen and oxygen atoms in total. The minimum absolute atomic E-state index is 0.00164. The van der Waals surface area contributed by atoms with Crippen LogP contribution < -0.4 is 19.1 Å². The van der Waals surface area contributed by atoms with Gasteiger partial charge in [-0.15, -0.1) is 11.3 Å². The third-order valence-corrected chi connectivity index (χ3v) is 6.35. The number of methoxy groups -OCH3 is 3. The summed E-state index contributed by atoms with van der Waals surface area (Å²) >= 11 is 1.25. The van der Waals surface area contributed by atoms with E-state index in [1.165, 1.54) is 37.6 Å². The predicted molar refractivity (Wildman–Crippen MR) is 126 cm³/mol. The van der Waals surface area contributed by atoms with Gasteiger partial charge in [-0.25, -0.2) is 0 Å². The van der Waals surface area contributed by atoms with E-state index in [0.29, 0.717) is 33.4 Å². The maximum absolute atomic E-state index is 13.5. The van der Waals surface area contributed by atoms with Crippen LogP contribution in [0.3, 0.4) is 0 Å². The Hall–Kier alpha value is -3.78. The minimum Gasteiger partial charge on any atom is -0.503 e. The van der Waals surface area contributed by atoms with E-state index in [2.05, 4.69) is 0 Å². The van der Waals surface area contributed by atoms with Crippen molar-refractivity contribution < 1.29 is 28.9 Å². The van der Waals surface area contributed by atoms with Crippen molar-refractivity contribution in [2.75, 3.05) is 26.2 Å². The summed E-state index contributed by atoms with van der Waals surface area (Å²) in [5.74, 6) is -0.511. The molecular formula is C25H23NO6S. The Kier molecular flexibility index (Phi) is 6.11. The Morgan fingerprint density at radius 3 is 2.24 bits per heavy atom. The zero-order valence-corrected chi connectivity index (χ0v) is 19.4. The lowest BCUT2D eigenvalue weighted by Crippen LogP contribution is -2.31. The molecule has 0 spiro atoms. The fourth-order valence-corrected chi connectivity index (χ4v) is 4.67. The van der Waals surface area contributed by atoms with Crippen molar-refractivity contribution in [3.05, 3.63) is 81.2 Å². The first kappa shape index (κ1) is 22.4. The molecule has 1 N–H and O–H groups in total. The number of benzene rings is 2. The van der Waals surface area contributed by atoms with Gasteiger partial charge in [0.2, 0.25) is 11.5 Å². The first-order valence-corrected chi connectivity index (χ1v) is 11.0. The van der Waals surface area contributed by atoms with E-state index in [4.69, 9.17) is 14.2 Å². The average molecular weight is 466 g/mol. The number of ketones is 1. The van der Waals surface area contributed by atoms with Crippen LogP contribution in [0, 0.1) is 6.92 Å². The van der Waals surface area contributed by atoms with Gasteiger partial charge in [0, 0.05) is 5.69 Å². The molecule has 1 atom stereocenters. The van der Waals surface area contributed by atoms with Gasteiger partial charge < -0.3 is 19.3 Å². The number of aryl methyl sites for hydroxylation is 1. The topological polar surface area (TPSA) is 85.3 Å². The van der Waals surface area contributed by atoms with Crippen molar-refractivity contribution in [3.63, 3.8) is 0 Å². The second-order valence-corrected chi connectivity index (χ2v) is 8.39. The van der Waals surface area contributed by atoms with Crippen LogP contribution in [0.5, 0.6) is 17.2 Å². The number of hydrogen-bond acceptors (Lipinski definition) is 7. The highest BCUT2D eigenvalue weighted by molar-refractivity contribution is 7.12. The zero-order chi connectivity index (χ0) is 23.7. The van der Waals surface area contributed by atoms with Gasteiger partial charge in [-0.2, -0.15) is 0 Å². The molecule has 0 saturated carbocycles. The number of ether oxygens (including phenoxy) is 3. The van der Waals surface area contributed by atoms with Gasteiger partial charge in [-0.05, 0) is 53.8 Å². The van der Waals surface area contributed by atoms with Crippen LogP contribution in [0.4, 0.5) is 5.69 Å². The Morgan fingerprint density at radius 2 is 1.70 bits per heavy atom. The number of amides is 1. The summed E-state index contributed by atoms with van der Waals surface area (Å²) in [5, 5.41) is 12.7. The first-order chi connectivity index (χ1) is 15.9. The van der Waals surface area contributed by atoms with Crippen molar-refractivity contribution >= 4 is 28.7 Å². The summed E-state index contributed by atoms with van der Waals surface area (Å²) in [5.41, 5.74) is 2.02. The van der Waals surface area contributed by atoms with Gasteiger partial charge in [0.25, 0.3) is 5.91 Å². The monoisotopic (exact) mass is 465 g/mol. The van der Waals surface area contributed by atoms with Crippen molar-refractivity contribution in [2.45, 2.75) is 13.0 Å². The molecule has 170 valence electrons. The predicted octanol–water partition coefficient (Wildman–Crippen LogP) is 4.87. The van der Waals surface area contributed by atoms with E-state index < -0.39 is 23.5 Å². The molecule has 0 bridgehead atoms. The molecule has 1 aliphatic heterocycles. The van der Waals surface area contributed by atoms with Crippen molar-refractivity contribution in [3.8, 4) is 17.2 Å². The molecule has 1 aliphatic rings. The number of carbonyl (C=O) groups is 2. The van der Waals surface area contributed by atoms with E-state index in [-0.39, 0.29) is 5.57 Å². The molecule has 33 heavy (non-hydrogen) atoms. The molecule has 2 aromatic carbocycles. The van der Waals surface area contributed by atoms with Crippen molar-refractivity contribution in [1.29, 1.82) is 0 Å². The maximum atomic E-state index is 13.5. The smallest absolute Gasteiger partial charge is 0.294 e. The minimum atomic E-state index is -0.900. The molecule has 3 aromatic rings. The van der Waals surface area contributed by atoms with E-state index >= 15 is 0 Å². The van der Waals surface area contributed by atoms with Gasteiger partial charge in [-0.1, -0.05) is 18.2 Å². The number of Topliss-reactive ketones (excluding diaryl/α,β-unsaturated/α-hetero) is 1. The number of nitrogens with zero attached hydrogens (tertiary/aromatic N) is 1. The van der Waals surface area contributed by atoms with Gasteiger partial charge >= 0.3 is 0 Å². The van der Waals surface area contributed by atoms with E-state index in [0.717, 1.165) is 5.56 Å². The van der Waals surface area contributed by atoms with E-state index in [9.17, 15) is 14.7 Å². The van der Waals surface area contributed by atoms with Crippen LogP contribution in [0.2, 0.25) is 0 Å². The second kappa shape index (κ2) is 8.99. The molecule has 2 heterocycles. The van der Waals surface area contributed by atoms with Gasteiger partial charge in [0.1, 0.15) is 0 Å². The van der Waals surface area contributed by atoms with Crippen LogP contribution >= 0.6 is 11.3 Å². The zero-order valence-electron chi connectivity index (χ0n) is 18.6. The van der Waals surface area contributed by atoms with Crippen LogP contribution in [-0.2, 0) is 4.79 Å². The van der Waals surface area contributed by atoms with Crippen LogP contribution in [0.1, 0.15) is 26.8 Å². The molecule has 1 amide bonds. The standard InChI is InChI=1S/C25H23NO6S/c1-14-7-5-8-16(11-14)26-21(15-12-17(30-2)24(32-4)18(13-15)31-3)20(23(28)25(26)29)22(27)19-9-6-10-33-19/h5-13,21,28H,1-4H3. The van der Waals surface area contributed by atoms with Crippen LogP contribution in [-0.4, -0.2) is 38.1 Å². The Labute approximate surface area is 195 Å². The summed E-state index contributed by atoms with van der Waals surface area (Å²) in [7, 11) is 4.48. The summed E-state index contributed by atoms with van der Waals surface area (Å²) < 4.78 is 16.4. The lowest BCUT2D eigenvalue weighted by Gasteiger charge is -2.28. The second-order valence-electron chi connectivity index (χ2n) is 7.44. The summed E-state index contributed by atoms with van der Waals surface area (Å²) in [6.07, 6.45) is 0. The van der Waals surface area contributed by atoms with Gasteiger partial charge in [-0.3, -0.25) is 14.5 Å². The highest BCUT2D eigenvalue weighted by Crippen LogP contribution is 2.47. The molecule has 0 fully saturated rings. The number of aliphatic hydroxyl groups is 1.